The molecule has 18 heavy (non-hydrogen) atoms. The van der Waals surface area contributed by atoms with E-state index in [1.165, 1.54) is 0 Å². The molecule has 0 fully saturated rings. The van der Waals surface area contributed by atoms with Gasteiger partial charge in [0.05, 0.1) is 22.6 Å². The van der Waals surface area contributed by atoms with Gasteiger partial charge in [0.15, 0.2) is 0 Å². The maximum atomic E-state index is 5.80. The van der Waals surface area contributed by atoms with E-state index in [1.54, 1.807) is 6.20 Å². The van der Waals surface area contributed by atoms with Gasteiger partial charge in [0.2, 0.25) is 0 Å². The van der Waals surface area contributed by atoms with Crippen LogP contribution in [0.1, 0.15) is 5.69 Å². The highest BCUT2D eigenvalue weighted by atomic mass is 14.8. The molecule has 0 spiro atoms. The molecule has 0 unspecified atom stereocenters. The van der Waals surface area contributed by atoms with E-state index in [0.29, 0.717) is 0 Å². The zero-order valence-corrected chi connectivity index (χ0v) is 10.1. The van der Waals surface area contributed by atoms with E-state index in [4.69, 9.17) is 5.73 Å². The minimum absolute atomic E-state index is 0.720. The summed E-state index contributed by atoms with van der Waals surface area (Å²) >= 11 is 0. The van der Waals surface area contributed by atoms with E-state index >= 15 is 0 Å². The quantitative estimate of drug-likeness (QED) is 0.704. The molecule has 2 aromatic heterocycles. The van der Waals surface area contributed by atoms with Crippen molar-refractivity contribution in [3.05, 3.63) is 54.4 Å². The smallest absolute Gasteiger partial charge is 0.0713 e. The third-order valence-electron chi connectivity index (χ3n) is 3.05. The Morgan fingerprint density at radius 3 is 2.72 bits per heavy atom. The van der Waals surface area contributed by atoms with Gasteiger partial charge in [-0.3, -0.25) is 9.97 Å². The lowest BCUT2D eigenvalue weighted by molar-refractivity contribution is 1.21. The zero-order valence-electron chi connectivity index (χ0n) is 10.1. The summed E-state index contributed by atoms with van der Waals surface area (Å²) in [6, 6.07) is 13.9. The van der Waals surface area contributed by atoms with E-state index < -0.39 is 0 Å². The van der Waals surface area contributed by atoms with Gasteiger partial charge >= 0.3 is 0 Å². The molecule has 1 aromatic carbocycles. The molecule has 3 aromatic rings. The molecule has 3 nitrogen and oxygen atoms in total. The molecule has 0 aliphatic rings. The average molecular weight is 235 g/mol. The predicted octanol–water partition coefficient (Wildman–Crippen LogP) is 3.19. The number of nitrogens with zero attached hydrogens (tertiary/aromatic N) is 2. The SMILES string of the molecule is Cc1nc(-c2cccc3ncccc23)ccc1N. The van der Waals surface area contributed by atoms with Gasteiger partial charge in [-0.05, 0) is 31.2 Å². The van der Waals surface area contributed by atoms with Crippen LogP contribution in [0, 0.1) is 6.92 Å². The number of aromatic nitrogens is 2. The molecule has 2 N–H and O–H groups in total. The summed E-state index contributed by atoms with van der Waals surface area (Å²) in [6.45, 7) is 1.92. The van der Waals surface area contributed by atoms with E-state index in [9.17, 15) is 0 Å². The van der Waals surface area contributed by atoms with Crippen molar-refractivity contribution in [2.75, 3.05) is 5.73 Å². The number of pyridine rings is 2. The summed E-state index contributed by atoms with van der Waals surface area (Å²) in [5, 5.41) is 1.11. The van der Waals surface area contributed by atoms with Crippen molar-refractivity contribution in [3.63, 3.8) is 0 Å². The topological polar surface area (TPSA) is 51.8 Å². The van der Waals surface area contributed by atoms with Crippen LogP contribution in [0.5, 0.6) is 0 Å². The monoisotopic (exact) mass is 235 g/mol. The average Bonchev–Trinajstić information content (AvgIpc) is 2.41. The van der Waals surface area contributed by atoms with E-state index in [0.717, 1.165) is 33.5 Å². The Labute approximate surface area is 105 Å². The predicted molar refractivity (Wildman–Crippen MR) is 74.1 cm³/mol. The van der Waals surface area contributed by atoms with Crippen molar-refractivity contribution in [1.82, 2.24) is 9.97 Å². The molecular weight excluding hydrogens is 222 g/mol. The van der Waals surface area contributed by atoms with Crippen molar-refractivity contribution in [2.24, 2.45) is 0 Å². The normalized spacial score (nSPS) is 10.7. The minimum Gasteiger partial charge on any atom is -0.397 e. The van der Waals surface area contributed by atoms with Crippen LogP contribution >= 0.6 is 0 Å². The fourth-order valence-electron chi connectivity index (χ4n) is 2.05. The maximum Gasteiger partial charge on any atom is 0.0713 e. The van der Waals surface area contributed by atoms with E-state index in [2.05, 4.69) is 22.1 Å². The lowest BCUT2D eigenvalue weighted by Gasteiger charge is -2.07. The first-order chi connectivity index (χ1) is 8.75. The summed E-state index contributed by atoms with van der Waals surface area (Å²) in [4.78, 5) is 8.90. The van der Waals surface area contributed by atoms with Crippen LogP contribution in [-0.2, 0) is 0 Å². The van der Waals surface area contributed by atoms with Crippen LogP contribution in [0.25, 0.3) is 22.2 Å². The molecule has 2 heterocycles. The van der Waals surface area contributed by atoms with Crippen LogP contribution in [0.15, 0.2) is 48.7 Å². The van der Waals surface area contributed by atoms with Crippen molar-refractivity contribution >= 4 is 16.6 Å². The molecule has 0 radical (unpaired) electrons. The Kier molecular flexibility index (Phi) is 2.45. The minimum atomic E-state index is 0.720. The second-order valence-electron chi connectivity index (χ2n) is 4.25. The van der Waals surface area contributed by atoms with Gasteiger partial charge in [-0.1, -0.05) is 18.2 Å². The lowest BCUT2D eigenvalue weighted by Crippen LogP contribution is -1.94. The molecule has 88 valence electrons. The number of benzene rings is 1. The van der Waals surface area contributed by atoms with Gasteiger partial charge in [0.1, 0.15) is 0 Å². The molecule has 0 saturated heterocycles. The first-order valence-corrected chi connectivity index (χ1v) is 5.83. The summed E-state index contributed by atoms with van der Waals surface area (Å²) in [7, 11) is 0. The summed E-state index contributed by atoms with van der Waals surface area (Å²) in [6.07, 6.45) is 1.80. The molecule has 3 rings (SSSR count). The lowest BCUT2D eigenvalue weighted by atomic mass is 10.0. The molecule has 0 saturated carbocycles. The first-order valence-electron chi connectivity index (χ1n) is 5.83. The number of hydrogen-bond donors (Lipinski definition) is 1. The second kappa shape index (κ2) is 4.11. The number of aryl methyl sites for hydroxylation is 1. The standard InChI is InChI=1S/C15H13N3/c1-10-13(16)7-8-15(18-10)12-4-2-6-14-11(12)5-3-9-17-14/h2-9H,16H2,1H3. The third-order valence-corrected chi connectivity index (χ3v) is 3.05. The van der Waals surface area contributed by atoms with Gasteiger partial charge in [0, 0.05) is 17.1 Å². The number of fused-ring (bicyclic) bond motifs is 1. The Balaban J connectivity index is 2.28. The van der Waals surface area contributed by atoms with Gasteiger partial charge in [-0.15, -0.1) is 0 Å². The highest BCUT2D eigenvalue weighted by Crippen LogP contribution is 2.27. The second-order valence-corrected chi connectivity index (χ2v) is 4.25. The Hall–Kier alpha value is -2.42. The largest absolute Gasteiger partial charge is 0.397 e. The number of nitrogens with two attached hydrogens (primary N) is 1. The maximum absolute atomic E-state index is 5.80. The molecule has 0 bridgehead atoms. The summed E-state index contributed by atoms with van der Waals surface area (Å²) in [5.41, 5.74) is 10.4. The number of anilines is 1. The fourth-order valence-corrected chi connectivity index (χ4v) is 2.05. The Morgan fingerprint density at radius 2 is 1.89 bits per heavy atom. The van der Waals surface area contributed by atoms with Gasteiger partial charge in [-0.2, -0.15) is 0 Å². The number of hydrogen-bond acceptors (Lipinski definition) is 3. The van der Waals surface area contributed by atoms with Gasteiger partial charge < -0.3 is 5.73 Å². The highest BCUT2D eigenvalue weighted by molar-refractivity contribution is 5.93. The van der Waals surface area contributed by atoms with Crippen LogP contribution < -0.4 is 5.73 Å². The van der Waals surface area contributed by atoms with Gasteiger partial charge in [-0.25, -0.2) is 0 Å². The Bertz CT molecular complexity index is 715. The molecule has 0 aliphatic heterocycles. The third kappa shape index (κ3) is 1.70. The van der Waals surface area contributed by atoms with Crippen molar-refractivity contribution in [3.8, 4) is 11.3 Å². The first kappa shape index (κ1) is 10.7. The van der Waals surface area contributed by atoms with Crippen molar-refractivity contribution in [1.29, 1.82) is 0 Å². The molecule has 0 atom stereocenters. The fraction of sp³-hybridized carbons (Fsp3) is 0.0667. The van der Waals surface area contributed by atoms with E-state index in [-0.39, 0.29) is 0 Å². The van der Waals surface area contributed by atoms with Crippen LogP contribution in [0.3, 0.4) is 0 Å². The van der Waals surface area contributed by atoms with Gasteiger partial charge in [0.25, 0.3) is 0 Å². The number of rotatable bonds is 1. The van der Waals surface area contributed by atoms with Crippen LogP contribution in [-0.4, -0.2) is 9.97 Å². The summed E-state index contributed by atoms with van der Waals surface area (Å²) < 4.78 is 0. The van der Waals surface area contributed by atoms with Crippen LogP contribution in [0.2, 0.25) is 0 Å². The Morgan fingerprint density at radius 1 is 1.00 bits per heavy atom. The molecule has 0 aliphatic carbocycles. The molecule has 3 heteroatoms. The molecular formula is C15H13N3. The number of nitrogen functional groups attached to an aromatic ring is 1. The zero-order chi connectivity index (χ0) is 12.5. The molecule has 0 amide bonds. The van der Waals surface area contributed by atoms with Crippen molar-refractivity contribution < 1.29 is 0 Å². The highest BCUT2D eigenvalue weighted by Gasteiger charge is 2.06. The van der Waals surface area contributed by atoms with Crippen molar-refractivity contribution in [2.45, 2.75) is 6.92 Å². The van der Waals surface area contributed by atoms with E-state index in [1.807, 2.05) is 37.3 Å². The van der Waals surface area contributed by atoms with Crippen LogP contribution in [0.4, 0.5) is 5.69 Å². The summed E-state index contributed by atoms with van der Waals surface area (Å²) in [5.74, 6) is 0.